The number of aromatic nitrogens is 3. The highest BCUT2D eigenvalue weighted by Crippen LogP contribution is 2.26. The Balaban J connectivity index is 1.46. The van der Waals surface area contributed by atoms with Crippen molar-refractivity contribution in [3.8, 4) is 0 Å². The van der Waals surface area contributed by atoms with Crippen molar-refractivity contribution in [3.63, 3.8) is 0 Å². The van der Waals surface area contributed by atoms with E-state index in [9.17, 15) is 14.9 Å². The fraction of sp³-hybridized carbons (Fsp3) is 0.316. The average molecular weight is 365 g/mol. The summed E-state index contributed by atoms with van der Waals surface area (Å²) < 4.78 is 1.98. The minimum atomic E-state index is -0.441. The first kappa shape index (κ1) is 17.1. The molecule has 1 fully saturated rings. The van der Waals surface area contributed by atoms with E-state index in [1.807, 2.05) is 33.7 Å². The van der Waals surface area contributed by atoms with E-state index < -0.39 is 4.92 Å². The molecule has 0 bridgehead atoms. The molecule has 138 valence electrons. The summed E-state index contributed by atoms with van der Waals surface area (Å²) >= 11 is 0. The van der Waals surface area contributed by atoms with Crippen LogP contribution in [0, 0.1) is 10.1 Å². The molecule has 0 spiro atoms. The van der Waals surface area contributed by atoms with Gasteiger partial charge in [0, 0.05) is 37.3 Å². The van der Waals surface area contributed by atoms with E-state index >= 15 is 0 Å². The summed E-state index contributed by atoms with van der Waals surface area (Å²) in [4.78, 5) is 24.9. The Morgan fingerprint density at radius 1 is 1.19 bits per heavy atom. The number of hydrogen-bond acceptors (Lipinski definition) is 5. The summed E-state index contributed by atoms with van der Waals surface area (Å²) in [5.74, 6) is 1.07. The minimum absolute atomic E-state index is 0.0300. The first-order chi connectivity index (χ1) is 13.1. The smallest absolute Gasteiger partial charge is 0.269 e. The minimum Gasteiger partial charge on any atom is -0.342 e. The monoisotopic (exact) mass is 365 g/mol. The Morgan fingerprint density at radius 2 is 2.00 bits per heavy atom. The number of carbonyl (C=O) groups is 1. The van der Waals surface area contributed by atoms with Gasteiger partial charge in [0.1, 0.15) is 5.82 Å². The molecule has 4 rings (SSSR count). The normalized spacial score (nSPS) is 17.2. The van der Waals surface area contributed by atoms with Gasteiger partial charge in [0.05, 0.1) is 11.3 Å². The Labute approximate surface area is 155 Å². The standard InChI is InChI=1S/C19H19N5O3/c25-18(12-14-6-8-16(9-7-14)24(26)27)22-10-3-4-15(13-22)19-21-20-17-5-1-2-11-23(17)19/h1-2,5-9,11,15H,3-4,10,12-13H2/t15-/m1/s1. The molecule has 1 amide bonds. The Morgan fingerprint density at radius 3 is 2.78 bits per heavy atom. The van der Waals surface area contributed by atoms with E-state index in [1.54, 1.807) is 12.1 Å². The Kier molecular flexibility index (Phi) is 4.53. The van der Waals surface area contributed by atoms with Crippen LogP contribution >= 0.6 is 0 Å². The number of hydrogen-bond donors (Lipinski definition) is 0. The molecule has 8 heteroatoms. The molecule has 0 unspecified atom stereocenters. The lowest BCUT2D eigenvalue weighted by molar-refractivity contribution is -0.384. The molecule has 1 atom stereocenters. The van der Waals surface area contributed by atoms with Crippen LogP contribution in [0.2, 0.25) is 0 Å². The molecule has 1 aliphatic heterocycles. The highest BCUT2D eigenvalue weighted by Gasteiger charge is 2.27. The van der Waals surface area contributed by atoms with Gasteiger partial charge >= 0.3 is 0 Å². The number of nitro benzene ring substituents is 1. The summed E-state index contributed by atoms with van der Waals surface area (Å²) in [7, 11) is 0. The lowest BCUT2D eigenvalue weighted by atomic mass is 9.96. The van der Waals surface area contributed by atoms with Gasteiger partial charge in [-0.1, -0.05) is 18.2 Å². The van der Waals surface area contributed by atoms with Crippen molar-refractivity contribution in [2.24, 2.45) is 0 Å². The van der Waals surface area contributed by atoms with Gasteiger partial charge in [-0.25, -0.2) is 0 Å². The van der Waals surface area contributed by atoms with Gasteiger partial charge in [-0.3, -0.25) is 19.3 Å². The Bertz CT molecular complexity index is 982. The van der Waals surface area contributed by atoms with Crippen LogP contribution in [0.5, 0.6) is 0 Å². The molecule has 1 aromatic carbocycles. The molecule has 1 aliphatic rings. The molecule has 0 N–H and O–H groups in total. The van der Waals surface area contributed by atoms with Crippen LogP contribution in [0.25, 0.3) is 5.65 Å². The number of rotatable bonds is 4. The van der Waals surface area contributed by atoms with E-state index in [2.05, 4.69) is 10.2 Å². The summed E-state index contributed by atoms with van der Waals surface area (Å²) in [6, 6.07) is 11.9. The van der Waals surface area contributed by atoms with Crippen molar-refractivity contribution in [1.82, 2.24) is 19.5 Å². The van der Waals surface area contributed by atoms with Gasteiger partial charge in [-0.2, -0.15) is 0 Å². The van der Waals surface area contributed by atoms with Crippen molar-refractivity contribution in [1.29, 1.82) is 0 Å². The van der Waals surface area contributed by atoms with E-state index in [0.29, 0.717) is 6.54 Å². The summed E-state index contributed by atoms with van der Waals surface area (Å²) in [6.45, 7) is 1.33. The van der Waals surface area contributed by atoms with Crippen LogP contribution in [0.3, 0.4) is 0 Å². The highest BCUT2D eigenvalue weighted by molar-refractivity contribution is 5.79. The van der Waals surface area contributed by atoms with E-state index in [-0.39, 0.29) is 23.9 Å². The second kappa shape index (κ2) is 7.14. The molecule has 1 saturated heterocycles. The maximum Gasteiger partial charge on any atom is 0.269 e. The topological polar surface area (TPSA) is 93.6 Å². The molecule has 0 saturated carbocycles. The second-order valence-corrected chi connectivity index (χ2v) is 6.77. The SMILES string of the molecule is O=C(Cc1ccc([N+](=O)[O-])cc1)N1CCC[C@@H](c2nnc3ccccn23)C1. The maximum atomic E-state index is 12.7. The molecule has 0 aliphatic carbocycles. The molecule has 27 heavy (non-hydrogen) atoms. The zero-order valence-electron chi connectivity index (χ0n) is 14.7. The third-order valence-corrected chi connectivity index (χ3v) is 4.98. The van der Waals surface area contributed by atoms with Crippen LogP contribution in [0.1, 0.15) is 30.1 Å². The zero-order valence-corrected chi connectivity index (χ0v) is 14.7. The lowest BCUT2D eigenvalue weighted by Gasteiger charge is -2.32. The molecule has 8 nitrogen and oxygen atoms in total. The van der Waals surface area contributed by atoms with Gasteiger partial charge in [-0.05, 0) is 30.5 Å². The number of nitro groups is 1. The number of nitrogens with zero attached hydrogens (tertiary/aromatic N) is 5. The molecule has 3 heterocycles. The quantitative estimate of drug-likeness (QED) is 0.523. The fourth-order valence-corrected chi connectivity index (χ4v) is 3.57. The Hall–Kier alpha value is -3.29. The van der Waals surface area contributed by atoms with Gasteiger partial charge in [0.25, 0.3) is 5.69 Å². The zero-order chi connectivity index (χ0) is 18.8. The summed E-state index contributed by atoms with van der Waals surface area (Å²) in [5.41, 5.74) is 1.62. The largest absolute Gasteiger partial charge is 0.342 e. The van der Waals surface area contributed by atoms with Gasteiger partial charge < -0.3 is 4.90 Å². The first-order valence-corrected chi connectivity index (χ1v) is 8.92. The number of carbonyl (C=O) groups excluding carboxylic acids is 1. The van der Waals surface area contributed by atoms with Crippen LogP contribution in [0.15, 0.2) is 48.7 Å². The number of benzene rings is 1. The van der Waals surface area contributed by atoms with E-state index in [4.69, 9.17) is 0 Å². The van der Waals surface area contributed by atoms with Crippen molar-refractivity contribution < 1.29 is 9.72 Å². The molecule has 2 aromatic heterocycles. The lowest BCUT2D eigenvalue weighted by Crippen LogP contribution is -2.40. The number of piperidine rings is 1. The van der Waals surface area contributed by atoms with E-state index in [0.717, 1.165) is 36.4 Å². The number of pyridine rings is 1. The number of fused-ring (bicyclic) bond motifs is 1. The number of amides is 1. The molecule has 3 aromatic rings. The predicted octanol–water partition coefficient (Wildman–Crippen LogP) is 2.59. The highest BCUT2D eigenvalue weighted by atomic mass is 16.6. The third kappa shape index (κ3) is 3.51. The predicted molar refractivity (Wildman–Crippen MR) is 98.3 cm³/mol. The van der Waals surface area contributed by atoms with Gasteiger partial charge in [0.2, 0.25) is 5.91 Å². The van der Waals surface area contributed by atoms with E-state index in [1.165, 1.54) is 12.1 Å². The van der Waals surface area contributed by atoms with Crippen LogP contribution in [-0.4, -0.2) is 43.4 Å². The average Bonchev–Trinajstić information content (AvgIpc) is 3.12. The summed E-state index contributed by atoms with van der Waals surface area (Å²) in [5, 5.41) is 19.3. The van der Waals surface area contributed by atoms with Crippen LogP contribution < -0.4 is 0 Å². The molecule has 0 radical (unpaired) electrons. The third-order valence-electron chi connectivity index (χ3n) is 4.98. The number of likely N-dealkylation sites (tertiary alicyclic amines) is 1. The fourth-order valence-electron chi connectivity index (χ4n) is 3.57. The number of non-ortho nitro benzene ring substituents is 1. The first-order valence-electron chi connectivity index (χ1n) is 8.92. The molecular formula is C19H19N5O3. The van der Waals surface area contributed by atoms with Crippen molar-refractivity contribution in [2.45, 2.75) is 25.2 Å². The van der Waals surface area contributed by atoms with Crippen molar-refractivity contribution in [3.05, 3.63) is 70.2 Å². The van der Waals surface area contributed by atoms with Crippen molar-refractivity contribution >= 4 is 17.2 Å². The van der Waals surface area contributed by atoms with Gasteiger partial charge in [-0.15, -0.1) is 10.2 Å². The van der Waals surface area contributed by atoms with Crippen LogP contribution in [0.4, 0.5) is 5.69 Å². The summed E-state index contributed by atoms with van der Waals surface area (Å²) in [6.07, 6.45) is 4.07. The van der Waals surface area contributed by atoms with Gasteiger partial charge in [0.15, 0.2) is 5.65 Å². The van der Waals surface area contributed by atoms with Crippen molar-refractivity contribution in [2.75, 3.05) is 13.1 Å². The second-order valence-electron chi connectivity index (χ2n) is 6.77. The maximum absolute atomic E-state index is 12.7. The van der Waals surface area contributed by atoms with Crippen LogP contribution in [-0.2, 0) is 11.2 Å². The molecular weight excluding hydrogens is 346 g/mol.